The topological polar surface area (TPSA) is 86.7 Å². The lowest BCUT2D eigenvalue weighted by atomic mass is 10.1. The molecule has 0 unspecified atom stereocenters. The van der Waals surface area contributed by atoms with Gasteiger partial charge in [-0.2, -0.15) is 0 Å². The Bertz CT molecular complexity index is 1060. The second kappa shape index (κ2) is 9.51. The van der Waals surface area contributed by atoms with Gasteiger partial charge >= 0.3 is 5.97 Å². The Morgan fingerprint density at radius 2 is 1.80 bits per heavy atom. The molecule has 1 heterocycles. The quantitative estimate of drug-likeness (QED) is 0.520. The smallest absolute Gasteiger partial charge is 0.335 e. The molecular formula is C22H18N2O4S2. The summed E-state index contributed by atoms with van der Waals surface area (Å²) in [5.74, 6) is -1.79. The number of thioether (sulfide) groups is 1. The van der Waals surface area contributed by atoms with Crippen LogP contribution in [-0.4, -0.2) is 38.7 Å². The number of thiocarbonyl (C=S) groups is 1. The predicted octanol–water partition coefficient (Wildman–Crippen LogP) is 4.17. The van der Waals surface area contributed by atoms with Crippen LogP contribution < -0.4 is 5.32 Å². The van der Waals surface area contributed by atoms with E-state index in [0.717, 1.165) is 22.9 Å². The molecule has 2 aromatic rings. The maximum absolute atomic E-state index is 12.7. The van der Waals surface area contributed by atoms with Crippen LogP contribution >= 0.6 is 24.0 Å². The molecule has 1 aliphatic heterocycles. The number of nitrogens with zero attached hydrogens (tertiary/aromatic N) is 1. The monoisotopic (exact) mass is 438 g/mol. The van der Waals surface area contributed by atoms with E-state index in [1.54, 1.807) is 6.08 Å². The highest BCUT2D eigenvalue weighted by Gasteiger charge is 2.33. The number of aromatic carboxylic acids is 1. The number of benzene rings is 2. The number of allylic oxidation sites excluding steroid dienone is 2. The number of carbonyl (C=O) groups is 3. The summed E-state index contributed by atoms with van der Waals surface area (Å²) in [7, 11) is 0. The number of amides is 2. The summed E-state index contributed by atoms with van der Waals surface area (Å²) in [6.45, 7) is 1.68. The van der Waals surface area contributed by atoms with Crippen LogP contribution in [0.3, 0.4) is 0 Å². The lowest BCUT2D eigenvalue weighted by Gasteiger charge is -2.14. The van der Waals surface area contributed by atoms with Gasteiger partial charge in [-0.3, -0.25) is 14.5 Å². The van der Waals surface area contributed by atoms with Crippen molar-refractivity contribution in [3.63, 3.8) is 0 Å². The van der Waals surface area contributed by atoms with E-state index in [4.69, 9.17) is 17.3 Å². The van der Waals surface area contributed by atoms with E-state index in [1.165, 1.54) is 29.2 Å². The van der Waals surface area contributed by atoms with Crippen LogP contribution in [0.1, 0.15) is 22.8 Å². The number of anilines is 1. The molecule has 0 atom stereocenters. The highest BCUT2D eigenvalue weighted by atomic mass is 32.2. The summed E-state index contributed by atoms with van der Waals surface area (Å²) in [6, 6.07) is 15.5. The average molecular weight is 439 g/mol. The lowest BCUT2D eigenvalue weighted by molar-refractivity contribution is -0.126. The van der Waals surface area contributed by atoms with Crippen molar-refractivity contribution in [1.29, 1.82) is 0 Å². The first kappa shape index (κ1) is 21.5. The minimum atomic E-state index is -1.05. The third kappa shape index (κ3) is 5.43. The summed E-state index contributed by atoms with van der Waals surface area (Å²) < 4.78 is 0.315. The Morgan fingerprint density at radius 3 is 2.43 bits per heavy atom. The van der Waals surface area contributed by atoms with E-state index in [9.17, 15) is 14.4 Å². The summed E-state index contributed by atoms with van der Waals surface area (Å²) in [5, 5.41) is 11.6. The first-order chi connectivity index (χ1) is 14.3. The molecule has 0 aliphatic carbocycles. The van der Waals surface area contributed by atoms with Gasteiger partial charge in [0.05, 0.1) is 10.5 Å². The number of carboxylic acids is 1. The van der Waals surface area contributed by atoms with E-state index < -0.39 is 11.9 Å². The van der Waals surface area contributed by atoms with Crippen molar-refractivity contribution in [3.8, 4) is 0 Å². The van der Waals surface area contributed by atoms with Gasteiger partial charge in [0.25, 0.3) is 5.91 Å². The summed E-state index contributed by atoms with van der Waals surface area (Å²) in [4.78, 5) is 37.6. The summed E-state index contributed by atoms with van der Waals surface area (Å²) >= 11 is 6.43. The van der Waals surface area contributed by atoms with Crippen molar-refractivity contribution < 1.29 is 19.5 Å². The third-order valence-electron chi connectivity index (χ3n) is 4.14. The van der Waals surface area contributed by atoms with Crippen LogP contribution in [-0.2, 0) is 9.59 Å². The number of nitrogens with one attached hydrogen (secondary N) is 1. The number of rotatable bonds is 6. The molecule has 6 nitrogen and oxygen atoms in total. The Labute approximate surface area is 183 Å². The number of carbonyl (C=O) groups excluding carboxylic acids is 2. The maximum atomic E-state index is 12.7. The van der Waals surface area contributed by atoms with Gasteiger partial charge in [-0.1, -0.05) is 60.4 Å². The largest absolute Gasteiger partial charge is 0.478 e. The Balaban J connectivity index is 1.65. The van der Waals surface area contributed by atoms with Gasteiger partial charge in [0.1, 0.15) is 10.9 Å². The maximum Gasteiger partial charge on any atom is 0.335 e. The van der Waals surface area contributed by atoms with Gasteiger partial charge in [-0.05, 0) is 48.4 Å². The normalized spacial score (nSPS) is 15.6. The van der Waals surface area contributed by atoms with E-state index in [1.807, 2.05) is 43.3 Å². The van der Waals surface area contributed by atoms with E-state index in [-0.39, 0.29) is 18.0 Å². The number of carboxylic acid groups (broad SMARTS) is 1. The molecule has 8 heteroatoms. The van der Waals surface area contributed by atoms with Gasteiger partial charge in [-0.25, -0.2) is 4.79 Å². The molecule has 3 rings (SSSR count). The number of hydrogen-bond acceptors (Lipinski definition) is 5. The van der Waals surface area contributed by atoms with E-state index in [2.05, 4.69) is 5.32 Å². The average Bonchev–Trinajstić information content (AvgIpc) is 2.96. The first-order valence-corrected chi connectivity index (χ1v) is 10.2. The molecule has 0 saturated carbocycles. The Morgan fingerprint density at radius 1 is 1.13 bits per heavy atom. The van der Waals surface area contributed by atoms with Crippen LogP contribution in [0.2, 0.25) is 0 Å². The molecule has 0 aromatic heterocycles. The van der Waals surface area contributed by atoms with Crippen LogP contribution in [0.15, 0.2) is 71.2 Å². The van der Waals surface area contributed by atoms with Crippen molar-refractivity contribution >= 4 is 57.8 Å². The van der Waals surface area contributed by atoms with E-state index >= 15 is 0 Å². The number of hydrogen-bond donors (Lipinski definition) is 2. The molecule has 0 radical (unpaired) electrons. The molecule has 2 amide bonds. The van der Waals surface area contributed by atoms with Crippen LogP contribution in [0.25, 0.3) is 6.08 Å². The van der Waals surface area contributed by atoms with Gasteiger partial charge < -0.3 is 10.4 Å². The van der Waals surface area contributed by atoms with Crippen LogP contribution in [0.5, 0.6) is 0 Å². The van der Waals surface area contributed by atoms with Crippen LogP contribution in [0, 0.1) is 0 Å². The zero-order valence-corrected chi connectivity index (χ0v) is 17.6. The van der Waals surface area contributed by atoms with Crippen molar-refractivity contribution in [3.05, 3.63) is 82.3 Å². The molecule has 2 aromatic carbocycles. The second-order valence-electron chi connectivity index (χ2n) is 6.50. The highest BCUT2D eigenvalue weighted by molar-refractivity contribution is 8.26. The molecule has 0 spiro atoms. The molecule has 1 saturated heterocycles. The summed E-state index contributed by atoms with van der Waals surface area (Å²) in [5.41, 5.74) is 2.47. The fraction of sp³-hybridized carbons (Fsp3) is 0.0909. The summed E-state index contributed by atoms with van der Waals surface area (Å²) in [6.07, 6.45) is 3.72. The third-order valence-corrected chi connectivity index (χ3v) is 5.52. The second-order valence-corrected chi connectivity index (χ2v) is 8.17. The standard InChI is InChI=1S/C22H18N2O4S2/c1-14(11-15-5-3-2-4-6-15)12-18-20(26)24(22(29)30-18)13-19(25)23-17-9-7-16(8-10-17)21(27)28/h2-12H,13H2,1H3,(H,23,25)(H,27,28)/b14-11+,18-12-. The lowest BCUT2D eigenvalue weighted by Crippen LogP contribution is -2.36. The van der Waals surface area contributed by atoms with Crippen LogP contribution in [0.4, 0.5) is 5.69 Å². The SMILES string of the molecule is CC(/C=C1\SC(=S)N(CC(=O)Nc2ccc(C(=O)O)cc2)C1=O)=C\c1ccccc1. The minimum Gasteiger partial charge on any atom is -0.478 e. The fourth-order valence-electron chi connectivity index (χ4n) is 2.74. The van der Waals surface area contributed by atoms with Crippen molar-refractivity contribution in [2.24, 2.45) is 0 Å². The van der Waals surface area contributed by atoms with Crippen molar-refractivity contribution in [2.75, 3.05) is 11.9 Å². The zero-order chi connectivity index (χ0) is 21.7. The van der Waals surface area contributed by atoms with Crippen molar-refractivity contribution in [1.82, 2.24) is 4.90 Å². The van der Waals surface area contributed by atoms with Gasteiger partial charge in [-0.15, -0.1) is 0 Å². The molecule has 30 heavy (non-hydrogen) atoms. The highest BCUT2D eigenvalue weighted by Crippen LogP contribution is 2.32. The van der Waals surface area contributed by atoms with Gasteiger partial charge in [0.15, 0.2) is 0 Å². The zero-order valence-electron chi connectivity index (χ0n) is 16.0. The predicted molar refractivity (Wildman–Crippen MR) is 122 cm³/mol. The van der Waals surface area contributed by atoms with E-state index in [0.29, 0.717) is 14.9 Å². The minimum absolute atomic E-state index is 0.119. The van der Waals surface area contributed by atoms with Gasteiger partial charge in [0.2, 0.25) is 5.91 Å². The Hall–Kier alpha value is -3.23. The first-order valence-electron chi connectivity index (χ1n) is 8.95. The van der Waals surface area contributed by atoms with Gasteiger partial charge in [0, 0.05) is 5.69 Å². The molecule has 2 N–H and O–H groups in total. The van der Waals surface area contributed by atoms with Crippen molar-refractivity contribution in [2.45, 2.75) is 6.92 Å². The molecule has 1 fully saturated rings. The fourth-order valence-corrected chi connectivity index (χ4v) is 4.04. The molecule has 1 aliphatic rings. The molecule has 0 bridgehead atoms. The molecule has 152 valence electrons. The molecular weight excluding hydrogens is 420 g/mol. The Kier molecular flexibility index (Phi) is 6.81.